The second kappa shape index (κ2) is 7.09. The van der Waals surface area contributed by atoms with E-state index in [0.29, 0.717) is 25.6 Å². The third kappa shape index (κ3) is 3.73. The Kier molecular flexibility index (Phi) is 5.02. The monoisotopic (exact) mass is 358 g/mol. The van der Waals surface area contributed by atoms with E-state index >= 15 is 0 Å². The van der Waals surface area contributed by atoms with Gasteiger partial charge in [-0.3, -0.25) is 4.79 Å². The lowest BCUT2D eigenvalue weighted by Gasteiger charge is -2.32. The van der Waals surface area contributed by atoms with Crippen LogP contribution in [0.4, 0.5) is 17.2 Å². The molecule has 0 spiro atoms. The van der Waals surface area contributed by atoms with Crippen LogP contribution in [0, 0.1) is 0 Å². The number of ether oxygens (including phenoxy) is 1. The van der Waals surface area contributed by atoms with E-state index in [1.165, 1.54) is 6.92 Å². The molecular weight excluding hydrogens is 332 g/mol. The van der Waals surface area contributed by atoms with Gasteiger partial charge in [-0.2, -0.15) is 0 Å². The van der Waals surface area contributed by atoms with Gasteiger partial charge in [0.25, 0.3) is 0 Å². The largest absolute Gasteiger partial charge is 0.389 e. The van der Waals surface area contributed by atoms with Crippen LogP contribution in [0.5, 0.6) is 0 Å². The molecule has 1 amide bonds. The number of hydrogen-bond donors (Lipinski definition) is 3. The summed E-state index contributed by atoms with van der Waals surface area (Å²) >= 11 is 0. The number of benzene rings is 1. The van der Waals surface area contributed by atoms with Crippen molar-refractivity contribution in [3.8, 4) is 0 Å². The number of carbonyl (C=O) groups excluding carboxylic acids is 1. The van der Waals surface area contributed by atoms with Crippen LogP contribution in [0.3, 0.4) is 0 Å². The van der Waals surface area contributed by atoms with Gasteiger partial charge in [-0.1, -0.05) is 18.2 Å². The van der Waals surface area contributed by atoms with Crippen LogP contribution in [-0.2, 0) is 9.53 Å². The summed E-state index contributed by atoms with van der Waals surface area (Å²) in [7, 11) is 0. The fourth-order valence-corrected chi connectivity index (χ4v) is 3.25. The molecule has 3 rings (SSSR count). The molecule has 0 saturated carbocycles. The van der Waals surface area contributed by atoms with Crippen LogP contribution < -0.4 is 15.5 Å². The van der Waals surface area contributed by atoms with E-state index in [4.69, 9.17) is 4.74 Å². The first-order valence-corrected chi connectivity index (χ1v) is 8.84. The minimum absolute atomic E-state index is 0.156. The van der Waals surface area contributed by atoms with Crippen molar-refractivity contribution in [2.75, 3.05) is 35.3 Å². The Hall–Kier alpha value is -2.38. The van der Waals surface area contributed by atoms with Gasteiger partial charge in [0.05, 0.1) is 23.4 Å². The maximum atomic E-state index is 11.7. The highest BCUT2D eigenvalue weighted by atomic mass is 16.5. The maximum absolute atomic E-state index is 11.7. The van der Waals surface area contributed by atoms with E-state index in [0.717, 1.165) is 22.3 Å². The van der Waals surface area contributed by atoms with Crippen LogP contribution in [-0.4, -0.2) is 47.5 Å². The van der Waals surface area contributed by atoms with Crippen LogP contribution in [0.2, 0.25) is 0 Å². The lowest BCUT2D eigenvalue weighted by atomic mass is 10.1. The summed E-state index contributed by atoms with van der Waals surface area (Å²) in [6, 6.07) is 7.79. The highest BCUT2D eigenvalue weighted by Crippen LogP contribution is 2.44. The predicted molar refractivity (Wildman–Crippen MR) is 104 cm³/mol. The lowest BCUT2D eigenvalue weighted by Crippen LogP contribution is -2.46. The van der Waals surface area contributed by atoms with Crippen molar-refractivity contribution in [3.05, 3.63) is 24.3 Å². The molecule has 1 aromatic carbocycles. The number of aliphatic hydroxyl groups is 1. The zero-order chi connectivity index (χ0) is 18.9. The van der Waals surface area contributed by atoms with Gasteiger partial charge in [0.1, 0.15) is 11.9 Å². The molecule has 1 unspecified atom stereocenters. The third-order valence-corrected chi connectivity index (χ3v) is 4.17. The van der Waals surface area contributed by atoms with Gasteiger partial charge in [0.2, 0.25) is 5.91 Å². The fraction of sp³-hybridized carbons (Fsp3) is 0.474. The number of nitrogens with one attached hydrogen (secondary N) is 2. The van der Waals surface area contributed by atoms with Crippen LogP contribution in [0.15, 0.2) is 24.3 Å². The van der Waals surface area contributed by atoms with Gasteiger partial charge >= 0.3 is 0 Å². The summed E-state index contributed by atoms with van der Waals surface area (Å²) in [5.41, 5.74) is 1.57. The number of anilines is 3. The zero-order valence-electron chi connectivity index (χ0n) is 15.7. The van der Waals surface area contributed by atoms with Crippen LogP contribution in [0.25, 0.3) is 10.9 Å². The van der Waals surface area contributed by atoms with E-state index in [-0.39, 0.29) is 12.1 Å². The molecule has 7 heteroatoms. The fourth-order valence-electron chi connectivity index (χ4n) is 3.25. The molecule has 2 aromatic rings. The Morgan fingerprint density at radius 2 is 2.15 bits per heavy atom. The molecule has 0 radical (unpaired) electrons. The first kappa shape index (κ1) is 18.4. The van der Waals surface area contributed by atoms with Crippen LogP contribution in [0.1, 0.15) is 27.7 Å². The van der Waals surface area contributed by atoms with E-state index in [1.54, 1.807) is 13.8 Å². The summed E-state index contributed by atoms with van der Waals surface area (Å²) < 4.78 is 5.63. The van der Waals surface area contributed by atoms with Gasteiger partial charge in [-0.05, 0) is 26.8 Å². The minimum atomic E-state index is -0.897. The molecule has 26 heavy (non-hydrogen) atoms. The number of fused-ring (bicyclic) bond motifs is 3. The number of rotatable bonds is 6. The number of carbonyl (C=O) groups is 1. The average molecular weight is 358 g/mol. The van der Waals surface area contributed by atoms with Crippen molar-refractivity contribution in [2.24, 2.45) is 0 Å². The Morgan fingerprint density at radius 3 is 2.81 bits per heavy atom. The smallest absolute Gasteiger partial charge is 0.222 e. The standard InChI is InChI=1S/C19H26N4O3/c1-5-26-10-15-22-16-17(23(15)11-19(3,4)25)13-8-6-7-9-14(13)21-18(16)20-12(2)24/h6-9,15,22,25H,5,10-11H2,1-4H3,(H,20,21,24). The van der Waals surface area contributed by atoms with E-state index in [9.17, 15) is 9.90 Å². The van der Waals surface area contributed by atoms with Crippen molar-refractivity contribution in [1.82, 2.24) is 4.98 Å². The Morgan fingerprint density at radius 1 is 1.42 bits per heavy atom. The SMILES string of the molecule is CCOCC1Nc2c(NC(C)=O)nc3ccccc3c2N1CC(C)(C)O. The topological polar surface area (TPSA) is 86.7 Å². The molecule has 1 aliphatic rings. The lowest BCUT2D eigenvalue weighted by molar-refractivity contribution is -0.114. The quantitative estimate of drug-likeness (QED) is 0.736. The molecule has 1 aromatic heterocycles. The molecule has 0 fully saturated rings. The highest BCUT2D eigenvalue weighted by Gasteiger charge is 2.36. The first-order chi connectivity index (χ1) is 12.3. The van der Waals surface area contributed by atoms with E-state index in [2.05, 4.69) is 20.5 Å². The summed E-state index contributed by atoms with van der Waals surface area (Å²) in [4.78, 5) is 18.4. The second-order valence-electron chi connectivity index (χ2n) is 7.14. The number of amides is 1. The highest BCUT2D eigenvalue weighted by molar-refractivity contribution is 6.07. The number of β-amino-alcohol motifs (C(OH)–C–C–N with tert-alkyl or cyclic N) is 1. The van der Waals surface area contributed by atoms with Crippen LogP contribution >= 0.6 is 0 Å². The number of aromatic nitrogens is 1. The second-order valence-corrected chi connectivity index (χ2v) is 7.14. The molecule has 7 nitrogen and oxygen atoms in total. The van der Waals surface area contributed by atoms with Gasteiger partial charge in [0.15, 0.2) is 5.82 Å². The molecule has 2 heterocycles. The summed E-state index contributed by atoms with van der Waals surface area (Å²) in [6.45, 7) is 8.43. The van der Waals surface area contributed by atoms with Gasteiger partial charge in [-0.25, -0.2) is 4.98 Å². The van der Waals surface area contributed by atoms with Gasteiger partial charge in [0, 0.05) is 25.5 Å². The van der Waals surface area contributed by atoms with Crippen molar-refractivity contribution in [3.63, 3.8) is 0 Å². The number of nitrogens with zero attached hydrogens (tertiary/aromatic N) is 2. The van der Waals surface area contributed by atoms with Crippen molar-refractivity contribution >= 4 is 34.0 Å². The van der Waals surface area contributed by atoms with Crippen molar-refractivity contribution < 1.29 is 14.6 Å². The molecule has 3 N–H and O–H groups in total. The predicted octanol–water partition coefficient (Wildman–Crippen LogP) is 2.56. The molecule has 1 aliphatic heterocycles. The third-order valence-electron chi connectivity index (χ3n) is 4.17. The van der Waals surface area contributed by atoms with E-state index in [1.807, 2.05) is 31.2 Å². The Balaban J connectivity index is 2.16. The van der Waals surface area contributed by atoms with Gasteiger partial charge < -0.3 is 25.4 Å². The van der Waals surface area contributed by atoms with Gasteiger partial charge in [-0.15, -0.1) is 0 Å². The minimum Gasteiger partial charge on any atom is -0.389 e. The normalized spacial score (nSPS) is 16.5. The van der Waals surface area contributed by atoms with Crippen molar-refractivity contribution in [2.45, 2.75) is 39.5 Å². The molecule has 0 bridgehead atoms. The first-order valence-electron chi connectivity index (χ1n) is 8.84. The summed E-state index contributed by atoms with van der Waals surface area (Å²) in [6.07, 6.45) is -0.156. The van der Waals surface area contributed by atoms with E-state index < -0.39 is 5.60 Å². The summed E-state index contributed by atoms with van der Waals surface area (Å²) in [5.74, 6) is 0.310. The Bertz CT molecular complexity index is 816. The maximum Gasteiger partial charge on any atom is 0.222 e. The molecule has 0 aliphatic carbocycles. The Labute approximate surface area is 153 Å². The number of hydrogen-bond acceptors (Lipinski definition) is 6. The molecular formula is C19H26N4O3. The molecule has 1 atom stereocenters. The summed E-state index contributed by atoms with van der Waals surface area (Å²) in [5, 5.41) is 17.6. The zero-order valence-corrected chi connectivity index (χ0v) is 15.7. The molecule has 0 saturated heterocycles. The number of para-hydroxylation sites is 1. The van der Waals surface area contributed by atoms with Crippen molar-refractivity contribution in [1.29, 1.82) is 0 Å². The average Bonchev–Trinajstić information content (AvgIpc) is 2.90. The molecule has 140 valence electrons. The number of pyridine rings is 1.